The highest BCUT2D eigenvalue weighted by Gasteiger charge is 2.16. The number of hydrogen-bond donors (Lipinski definition) is 1. The molecule has 0 aliphatic carbocycles. The standard InChI is InChI=1S/C20H16BrN5OS/c1-12-13(2)24-20-22-11-23-26(20)19(12)28-17-10-6-5-9-16(17)25-18(27)14-7-3-4-8-15(14)21/h3-11H,1-2H3,(H,25,27). The van der Waals surface area contributed by atoms with Gasteiger partial charge in [0, 0.05) is 20.6 Å². The van der Waals surface area contributed by atoms with E-state index in [1.165, 1.54) is 18.1 Å². The van der Waals surface area contributed by atoms with Crippen molar-refractivity contribution in [2.24, 2.45) is 0 Å². The van der Waals surface area contributed by atoms with Crippen LogP contribution in [-0.2, 0) is 0 Å². The average molecular weight is 454 g/mol. The Morgan fingerprint density at radius 3 is 2.68 bits per heavy atom. The molecule has 0 aliphatic heterocycles. The van der Waals surface area contributed by atoms with Gasteiger partial charge < -0.3 is 5.32 Å². The van der Waals surface area contributed by atoms with Crippen LogP contribution >= 0.6 is 27.7 Å². The van der Waals surface area contributed by atoms with Gasteiger partial charge in [-0.15, -0.1) is 0 Å². The first-order valence-electron chi connectivity index (χ1n) is 8.54. The third-order valence-corrected chi connectivity index (χ3v) is 6.25. The smallest absolute Gasteiger partial charge is 0.256 e. The summed E-state index contributed by atoms with van der Waals surface area (Å²) in [7, 11) is 0. The summed E-state index contributed by atoms with van der Waals surface area (Å²) in [6.45, 7) is 3.96. The highest BCUT2D eigenvalue weighted by Crippen LogP contribution is 2.36. The number of aromatic nitrogens is 4. The van der Waals surface area contributed by atoms with E-state index in [9.17, 15) is 4.79 Å². The molecule has 28 heavy (non-hydrogen) atoms. The van der Waals surface area contributed by atoms with Gasteiger partial charge in [-0.3, -0.25) is 4.79 Å². The van der Waals surface area contributed by atoms with Crippen LogP contribution in [-0.4, -0.2) is 25.5 Å². The molecule has 0 aliphatic rings. The van der Waals surface area contributed by atoms with E-state index < -0.39 is 0 Å². The number of amides is 1. The van der Waals surface area contributed by atoms with Crippen LogP contribution in [0.25, 0.3) is 5.78 Å². The van der Waals surface area contributed by atoms with E-state index in [2.05, 4.69) is 36.3 Å². The summed E-state index contributed by atoms with van der Waals surface area (Å²) in [6, 6.07) is 15.0. The summed E-state index contributed by atoms with van der Waals surface area (Å²) in [5.41, 5.74) is 3.24. The zero-order valence-corrected chi connectivity index (χ0v) is 17.6. The molecule has 140 valence electrons. The summed E-state index contributed by atoms with van der Waals surface area (Å²) in [6.07, 6.45) is 1.49. The first-order valence-corrected chi connectivity index (χ1v) is 10.1. The number of rotatable bonds is 4. The van der Waals surface area contributed by atoms with Gasteiger partial charge >= 0.3 is 0 Å². The van der Waals surface area contributed by atoms with Crippen LogP contribution < -0.4 is 5.32 Å². The molecular weight excluding hydrogens is 438 g/mol. The Hall–Kier alpha value is -2.71. The predicted molar refractivity (Wildman–Crippen MR) is 113 cm³/mol. The van der Waals surface area contributed by atoms with E-state index >= 15 is 0 Å². The average Bonchev–Trinajstić information content (AvgIpc) is 3.15. The Labute approximate surface area is 174 Å². The van der Waals surface area contributed by atoms with Crippen molar-refractivity contribution in [2.45, 2.75) is 23.8 Å². The monoisotopic (exact) mass is 453 g/mol. The molecule has 4 aromatic rings. The molecular formula is C20H16BrN5OS. The number of carbonyl (C=O) groups excluding carboxylic acids is 1. The molecule has 0 fully saturated rings. The van der Waals surface area contributed by atoms with Crippen LogP contribution in [0.3, 0.4) is 0 Å². The van der Waals surface area contributed by atoms with Crippen molar-refractivity contribution in [2.75, 3.05) is 5.32 Å². The first kappa shape index (κ1) is 18.6. The second-order valence-electron chi connectivity index (χ2n) is 6.13. The Balaban J connectivity index is 1.70. The minimum atomic E-state index is -0.172. The molecule has 2 aromatic carbocycles. The minimum absolute atomic E-state index is 0.172. The molecule has 8 heteroatoms. The molecule has 4 rings (SSSR count). The molecule has 0 bridgehead atoms. The van der Waals surface area contributed by atoms with Crippen LogP contribution in [0.15, 0.2) is 69.3 Å². The normalized spacial score (nSPS) is 11.0. The number of anilines is 1. The molecule has 1 amide bonds. The van der Waals surface area contributed by atoms with Crippen LogP contribution in [0.2, 0.25) is 0 Å². The number of nitrogens with zero attached hydrogens (tertiary/aromatic N) is 4. The van der Waals surface area contributed by atoms with E-state index in [0.29, 0.717) is 11.3 Å². The summed E-state index contributed by atoms with van der Waals surface area (Å²) in [5, 5.41) is 8.23. The number of aryl methyl sites for hydroxylation is 1. The van der Waals surface area contributed by atoms with Crippen LogP contribution in [0.1, 0.15) is 21.6 Å². The lowest BCUT2D eigenvalue weighted by atomic mass is 10.2. The van der Waals surface area contributed by atoms with Crippen molar-refractivity contribution in [3.05, 3.63) is 76.2 Å². The lowest BCUT2D eigenvalue weighted by Crippen LogP contribution is -2.13. The van der Waals surface area contributed by atoms with E-state index in [1.54, 1.807) is 10.6 Å². The van der Waals surface area contributed by atoms with E-state index in [0.717, 1.165) is 31.3 Å². The van der Waals surface area contributed by atoms with Gasteiger partial charge in [-0.1, -0.05) is 36.0 Å². The molecule has 6 nitrogen and oxygen atoms in total. The van der Waals surface area contributed by atoms with Crippen LogP contribution in [0.5, 0.6) is 0 Å². The summed E-state index contributed by atoms with van der Waals surface area (Å²) in [5.74, 6) is 0.384. The summed E-state index contributed by atoms with van der Waals surface area (Å²) in [4.78, 5) is 22.3. The fourth-order valence-corrected chi connectivity index (χ4v) is 4.29. The zero-order chi connectivity index (χ0) is 19.7. The maximum atomic E-state index is 12.7. The molecule has 0 spiro atoms. The van der Waals surface area contributed by atoms with Gasteiger partial charge in [0.1, 0.15) is 11.4 Å². The Morgan fingerprint density at radius 1 is 1.11 bits per heavy atom. The summed E-state index contributed by atoms with van der Waals surface area (Å²) >= 11 is 4.96. The van der Waals surface area contributed by atoms with Gasteiger partial charge in [0.05, 0.1) is 11.3 Å². The number of nitrogens with one attached hydrogen (secondary N) is 1. The maximum absolute atomic E-state index is 12.7. The zero-order valence-electron chi connectivity index (χ0n) is 15.2. The Morgan fingerprint density at radius 2 is 1.86 bits per heavy atom. The lowest BCUT2D eigenvalue weighted by Gasteiger charge is -2.14. The van der Waals surface area contributed by atoms with Gasteiger partial charge in [-0.2, -0.15) is 14.6 Å². The molecule has 0 atom stereocenters. The van der Waals surface area contributed by atoms with Gasteiger partial charge in [0.25, 0.3) is 11.7 Å². The lowest BCUT2D eigenvalue weighted by molar-refractivity contribution is 0.102. The van der Waals surface area contributed by atoms with Crippen LogP contribution in [0, 0.1) is 13.8 Å². The Bertz CT molecular complexity index is 1190. The van der Waals surface area contributed by atoms with Crippen molar-refractivity contribution in [3.8, 4) is 0 Å². The van der Waals surface area contributed by atoms with Gasteiger partial charge in [-0.05, 0) is 54.0 Å². The largest absolute Gasteiger partial charge is 0.321 e. The third-order valence-electron chi connectivity index (χ3n) is 4.31. The van der Waals surface area contributed by atoms with Crippen molar-refractivity contribution >= 4 is 45.1 Å². The molecule has 0 saturated heterocycles. The molecule has 0 radical (unpaired) electrons. The SMILES string of the molecule is Cc1nc2ncnn2c(Sc2ccccc2NC(=O)c2ccccc2Br)c1C. The van der Waals surface area contributed by atoms with E-state index in [1.807, 2.05) is 56.3 Å². The quantitative estimate of drug-likeness (QED) is 0.444. The second kappa shape index (κ2) is 7.73. The number of fused-ring (bicyclic) bond motifs is 1. The fourth-order valence-electron chi connectivity index (χ4n) is 2.72. The van der Waals surface area contributed by atoms with Crippen molar-refractivity contribution in [3.63, 3.8) is 0 Å². The Kier molecular flexibility index (Phi) is 5.15. The van der Waals surface area contributed by atoms with Crippen LogP contribution in [0.4, 0.5) is 5.69 Å². The van der Waals surface area contributed by atoms with Gasteiger partial charge in [-0.25, -0.2) is 4.98 Å². The number of para-hydroxylation sites is 1. The second-order valence-corrected chi connectivity index (χ2v) is 8.02. The molecule has 0 unspecified atom stereocenters. The predicted octanol–water partition coefficient (Wildman–Crippen LogP) is 4.91. The van der Waals surface area contributed by atoms with Gasteiger partial charge in [0.15, 0.2) is 0 Å². The van der Waals surface area contributed by atoms with Crippen molar-refractivity contribution in [1.29, 1.82) is 0 Å². The van der Waals surface area contributed by atoms with E-state index in [4.69, 9.17) is 0 Å². The summed E-state index contributed by atoms with van der Waals surface area (Å²) < 4.78 is 2.47. The van der Waals surface area contributed by atoms with E-state index in [-0.39, 0.29) is 5.91 Å². The minimum Gasteiger partial charge on any atom is -0.321 e. The number of hydrogen-bond acceptors (Lipinski definition) is 5. The highest BCUT2D eigenvalue weighted by atomic mass is 79.9. The topological polar surface area (TPSA) is 72.2 Å². The molecule has 2 aromatic heterocycles. The molecule has 1 N–H and O–H groups in total. The number of carbonyl (C=O) groups is 1. The fraction of sp³-hybridized carbons (Fsp3) is 0.100. The molecule has 2 heterocycles. The number of benzene rings is 2. The molecule has 0 saturated carbocycles. The maximum Gasteiger partial charge on any atom is 0.256 e. The third kappa shape index (κ3) is 3.53. The highest BCUT2D eigenvalue weighted by molar-refractivity contribution is 9.10. The van der Waals surface area contributed by atoms with Gasteiger partial charge in [0.2, 0.25) is 0 Å². The van der Waals surface area contributed by atoms with Crippen molar-refractivity contribution < 1.29 is 4.79 Å². The van der Waals surface area contributed by atoms with Crippen molar-refractivity contribution in [1.82, 2.24) is 19.6 Å². The first-order chi connectivity index (χ1) is 13.5. The number of halogens is 1.